The molecule has 1 unspecified atom stereocenters. The number of carboxylic acids is 1. The SMILES string of the molecule is CCc1cc(C(=O)N2CCC(CC)(C(=O)O)C2)n(C)n1. The van der Waals surface area contributed by atoms with Crippen molar-refractivity contribution < 1.29 is 14.7 Å². The Bertz CT molecular complexity index is 538. The van der Waals surface area contributed by atoms with Gasteiger partial charge in [-0.05, 0) is 25.3 Å². The first-order valence-electron chi connectivity index (χ1n) is 6.99. The molecule has 1 aromatic heterocycles. The lowest BCUT2D eigenvalue weighted by Crippen LogP contribution is -2.37. The van der Waals surface area contributed by atoms with E-state index in [0.29, 0.717) is 25.1 Å². The summed E-state index contributed by atoms with van der Waals surface area (Å²) in [6, 6.07) is 1.79. The number of carbonyl (C=O) groups is 2. The van der Waals surface area contributed by atoms with Crippen LogP contribution < -0.4 is 0 Å². The van der Waals surface area contributed by atoms with Gasteiger partial charge in [0.25, 0.3) is 5.91 Å². The first-order valence-corrected chi connectivity index (χ1v) is 6.99. The first kappa shape index (κ1) is 14.6. The fraction of sp³-hybridized carbons (Fsp3) is 0.643. The number of aliphatic carboxylic acids is 1. The molecule has 0 spiro atoms. The Balaban J connectivity index is 2.19. The lowest BCUT2D eigenvalue weighted by molar-refractivity contribution is -0.148. The number of aryl methyl sites for hydroxylation is 2. The van der Waals surface area contributed by atoms with Gasteiger partial charge in [0, 0.05) is 20.1 Å². The maximum atomic E-state index is 12.5. The predicted octanol–water partition coefficient (Wildman–Crippen LogP) is 1.31. The Morgan fingerprint density at radius 2 is 2.15 bits per heavy atom. The summed E-state index contributed by atoms with van der Waals surface area (Å²) in [4.78, 5) is 25.5. The third kappa shape index (κ3) is 2.30. The second kappa shape index (κ2) is 5.26. The molecule has 0 radical (unpaired) electrons. The van der Waals surface area contributed by atoms with Gasteiger partial charge in [-0.25, -0.2) is 0 Å². The van der Waals surface area contributed by atoms with E-state index in [0.717, 1.165) is 12.1 Å². The molecule has 110 valence electrons. The van der Waals surface area contributed by atoms with Gasteiger partial charge in [0.05, 0.1) is 11.1 Å². The zero-order chi connectivity index (χ0) is 14.9. The van der Waals surface area contributed by atoms with Crippen LogP contribution in [0.2, 0.25) is 0 Å². The molecule has 1 fully saturated rings. The van der Waals surface area contributed by atoms with Crippen molar-refractivity contribution in [1.82, 2.24) is 14.7 Å². The number of hydrogen-bond donors (Lipinski definition) is 1. The van der Waals surface area contributed by atoms with Crippen LogP contribution in [0.5, 0.6) is 0 Å². The van der Waals surface area contributed by atoms with E-state index in [4.69, 9.17) is 0 Å². The van der Waals surface area contributed by atoms with Crippen molar-refractivity contribution in [2.24, 2.45) is 12.5 Å². The topological polar surface area (TPSA) is 75.4 Å². The fourth-order valence-corrected chi connectivity index (χ4v) is 2.72. The zero-order valence-corrected chi connectivity index (χ0v) is 12.2. The number of carboxylic acid groups (broad SMARTS) is 1. The van der Waals surface area contributed by atoms with Crippen LogP contribution in [0.25, 0.3) is 0 Å². The number of aromatic nitrogens is 2. The number of amides is 1. The fourth-order valence-electron chi connectivity index (χ4n) is 2.72. The Morgan fingerprint density at radius 3 is 2.60 bits per heavy atom. The Morgan fingerprint density at radius 1 is 1.45 bits per heavy atom. The van der Waals surface area contributed by atoms with Crippen molar-refractivity contribution in [3.63, 3.8) is 0 Å². The molecule has 0 aliphatic carbocycles. The Kier molecular flexibility index (Phi) is 3.83. The molecule has 1 aliphatic heterocycles. The van der Waals surface area contributed by atoms with E-state index in [9.17, 15) is 14.7 Å². The van der Waals surface area contributed by atoms with E-state index < -0.39 is 11.4 Å². The largest absolute Gasteiger partial charge is 0.481 e. The van der Waals surface area contributed by atoms with Gasteiger partial charge in [0.1, 0.15) is 5.69 Å². The molecule has 6 nitrogen and oxygen atoms in total. The number of nitrogens with zero attached hydrogens (tertiary/aromatic N) is 3. The first-order chi connectivity index (χ1) is 9.43. The summed E-state index contributed by atoms with van der Waals surface area (Å²) in [6.45, 7) is 4.62. The van der Waals surface area contributed by atoms with Crippen LogP contribution >= 0.6 is 0 Å². The van der Waals surface area contributed by atoms with Crippen LogP contribution in [0.3, 0.4) is 0 Å². The highest BCUT2D eigenvalue weighted by atomic mass is 16.4. The van der Waals surface area contributed by atoms with Gasteiger partial charge in [0.15, 0.2) is 0 Å². The molecule has 6 heteroatoms. The molecular weight excluding hydrogens is 258 g/mol. The van der Waals surface area contributed by atoms with Crippen molar-refractivity contribution in [3.05, 3.63) is 17.5 Å². The molecule has 1 aromatic rings. The molecule has 1 atom stereocenters. The average Bonchev–Trinajstić information content (AvgIpc) is 3.02. The second-order valence-corrected chi connectivity index (χ2v) is 5.41. The molecule has 1 aliphatic rings. The van der Waals surface area contributed by atoms with Gasteiger partial charge < -0.3 is 10.0 Å². The van der Waals surface area contributed by atoms with E-state index in [1.54, 1.807) is 22.7 Å². The molecule has 0 bridgehead atoms. The van der Waals surface area contributed by atoms with Crippen LogP contribution in [0.4, 0.5) is 0 Å². The van der Waals surface area contributed by atoms with Crippen molar-refractivity contribution in [3.8, 4) is 0 Å². The molecular formula is C14H21N3O3. The second-order valence-electron chi connectivity index (χ2n) is 5.41. The van der Waals surface area contributed by atoms with Crippen LogP contribution in [0, 0.1) is 5.41 Å². The number of rotatable bonds is 4. The summed E-state index contributed by atoms with van der Waals surface area (Å²) >= 11 is 0. The lowest BCUT2D eigenvalue weighted by Gasteiger charge is -2.23. The number of hydrogen-bond acceptors (Lipinski definition) is 3. The van der Waals surface area contributed by atoms with Crippen LogP contribution in [0.15, 0.2) is 6.07 Å². The van der Waals surface area contributed by atoms with Crippen molar-refractivity contribution in [2.75, 3.05) is 13.1 Å². The van der Waals surface area contributed by atoms with E-state index in [1.165, 1.54) is 0 Å². The Hall–Kier alpha value is -1.85. The number of carbonyl (C=O) groups excluding carboxylic acids is 1. The summed E-state index contributed by atoms with van der Waals surface area (Å²) in [7, 11) is 1.74. The van der Waals surface area contributed by atoms with E-state index in [2.05, 4.69) is 5.10 Å². The van der Waals surface area contributed by atoms with Crippen LogP contribution in [-0.4, -0.2) is 44.8 Å². The highest BCUT2D eigenvalue weighted by Crippen LogP contribution is 2.34. The van der Waals surface area contributed by atoms with E-state index in [-0.39, 0.29) is 12.5 Å². The molecule has 2 heterocycles. The molecule has 1 N–H and O–H groups in total. The molecule has 0 aromatic carbocycles. The lowest BCUT2D eigenvalue weighted by atomic mass is 9.84. The maximum Gasteiger partial charge on any atom is 0.311 e. The molecule has 2 rings (SSSR count). The molecule has 1 amide bonds. The summed E-state index contributed by atoms with van der Waals surface area (Å²) < 4.78 is 1.58. The van der Waals surface area contributed by atoms with E-state index in [1.807, 2.05) is 13.8 Å². The zero-order valence-electron chi connectivity index (χ0n) is 12.2. The van der Waals surface area contributed by atoms with Crippen molar-refractivity contribution in [2.45, 2.75) is 33.1 Å². The van der Waals surface area contributed by atoms with Crippen LogP contribution in [0.1, 0.15) is 42.9 Å². The van der Waals surface area contributed by atoms with Gasteiger partial charge in [-0.1, -0.05) is 13.8 Å². The average molecular weight is 279 g/mol. The smallest absolute Gasteiger partial charge is 0.311 e. The third-order valence-corrected chi connectivity index (χ3v) is 4.28. The summed E-state index contributed by atoms with van der Waals surface area (Å²) in [5.41, 5.74) is 0.608. The minimum Gasteiger partial charge on any atom is -0.481 e. The minimum atomic E-state index is -0.811. The van der Waals surface area contributed by atoms with Gasteiger partial charge >= 0.3 is 5.97 Å². The molecule has 20 heavy (non-hydrogen) atoms. The summed E-state index contributed by atoms with van der Waals surface area (Å²) in [6.07, 6.45) is 1.83. The van der Waals surface area contributed by atoms with Crippen molar-refractivity contribution >= 4 is 11.9 Å². The van der Waals surface area contributed by atoms with E-state index >= 15 is 0 Å². The number of likely N-dealkylation sites (tertiary alicyclic amines) is 1. The molecule has 1 saturated heterocycles. The normalized spacial score (nSPS) is 22.2. The molecule has 0 saturated carbocycles. The minimum absolute atomic E-state index is 0.128. The van der Waals surface area contributed by atoms with Crippen LogP contribution in [-0.2, 0) is 18.3 Å². The predicted molar refractivity (Wildman–Crippen MR) is 73.5 cm³/mol. The van der Waals surface area contributed by atoms with Gasteiger partial charge in [-0.15, -0.1) is 0 Å². The van der Waals surface area contributed by atoms with Gasteiger partial charge in [0.2, 0.25) is 0 Å². The highest BCUT2D eigenvalue weighted by molar-refractivity contribution is 5.93. The highest BCUT2D eigenvalue weighted by Gasteiger charge is 2.45. The monoisotopic (exact) mass is 279 g/mol. The quantitative estimate of drug-likeness (QED) is 0.901. The maximum absolute atomic E-state index is 12.5. The Labute approximate surface area is 118 Å². The third-order valence-electron chi connectivity index (χ3n) is 4.28. The van der Waals surface area contributed by atoms with Gasteiger partial charge in [-0.3, -0.25) is 14.3 Å². The van der Waals surface area contributed by atoms with Gasteiger partial charge in [-0.2, -0.15) is 5.10 Å². The summed E-state index contributed by atoms with van der Waals surface area (Å²) in [5.74, 6) is -0.939. The summed E-state index contributed by atoms with van der Waals surface area (Å²) in [5, 5.41) is 13.6. The standard InChI is InChI=1S/C14H21N3O3/c1-4-10-8-11(16(3)15-10)12(18)17-7-6-14(5-2,9-17)13(19)20/h8H,4-7,9H2,1-3H3,(H,19,20). The van der Waals surface area contributed by atoms with Crippen molar-refractivity contribution in [1.29, 1.82) is 0 Å².